The number of imidazole rings is 1. The number of hydrogen-bond acceptors (Lipinski definition) is 5. The summed E-state index contributed by atoms with van der Waals surface area (Å²) in [4.78, 5) is 20.9. The molecule has 1 N–H and O–H groups in total. The zero-order valence-electron chi connectivity index (χ0n) is 21.7. The first kappa shape index (κ1) is 26.5. The van der Waals surface area contributed by atoms with Crippen molar-refractivity contribution in [1.82, 2.24) is 14.9 Å². The Kier molecular flexibility index (Phi) is 6.48. The van der Waals surface area contributed by atoms with Crippen LogP contribution in [0.25, 0.3) is 11.3 Å². The number of nitrogens with one attached hydrogen (secondary N) is 1. The van der Waals surface area contributed by atoms with Crippen molar-refractivity contribution in [2.75, 3.05) is 6.54 Å². The highest BCUT2D eigenvalue weighted by molar-refractivity contribution is 6.62. The Morgan fingerprint density at radius 2 is 1.69 bits per heavy atom. The Morgan fingerprint density at radius 1 is 1.11 bits per heavy atom. The number of benzene rings is 1. The SMILES string of the molecule is CC(C)(C)OC(=O)N1CCC[C@H]1c1nc(-c2ccc(B3OC(C)(C)C(C)(C)O3)cc2)c(C(F)(F)F)[nH]1. The number of carbonyl (C=O) groups excluding carboxylic acids is 1. The third-order valence-electron chi connectivity index (χ3n) is 6.91. The molecule has 3 heterocycles. The van der Waals surface area contributed by atoms with Crippen LogP contribution in [0.5, 0.6) is 0 Å². The Bertz CT molecular complexity index is 1110. The van der Waals surface area contributed by atoms with Crippen LogP contribution in [0.15, 0.2) is 24.3 Å². The van der Waals surface area contributed by atoms with Crippen molar-refractivity contribution in [3.8, 4) is 11.3 Å². The van der Waals surface area contributed by atoms with E-state index < -0.39 is 47.9 Å². The van der Waals surface area contributed by atoms with E-state index in [-0.39, 0.29) is 11.5 Å². The summed E-state index contributed by atoms with van der Waals surface area (Å²) >= 11 is 0. The molecule has 4 rings (SSSR count). The van der Waals surface area contributed by atoms with Gasteiger partial charge in [0, 0.05) is 12.1 Å². The molecule has 2 aliphatic rings. The first-order valence-electron chi connectivity index (χ1n) is 12.1. The molecule has 7 nitrogen and oxygen atoms in total. The summed E-state index contributed by atoms with van der Waals surface area (Å²) in [6.07, 6.45) is -4.09. The first-order chi connectivity index (χ1) is 16.5. The number of halogens is 3. The first-order valence-corrected chi connectivity index (χ1v) is 12.1. The minimum atomic E-state index is -4.65. The molecule has 1 aromatic heterocycles. The van der Waals surface area contributed by atoms with Crippen LogP contribution >= 0.6 is 0 Å². The zero-order valence-corrected chi connectivity index (χ0v) is 21.7. The number of rotatable bonds is 3. The second kappa shape index (κ2) is 8.80. The molecule has 2 fully saturated rings. The normalized spacial score (nSPS) is 21.8. The Balaban J connectivity index is 1.63. The van der Waals surface area contributed by atoms with Crippen molar-refractivity contribution >= 4 is 18.7 Å². The summed E-state index contributed by atoms with van der Waals surface area (Å²) in [5.74, 6) is 0.0933. The van der Waals surface area contributed by atoms with E-state index in [2.05, 4.69) is 9.97 Å². The quantitative estimate of drug-likeness (QED) is 0.558. The van der Waals surface area contributed by atoms with Gasteiger partial charge in [-0.25, -0.2) is 9.78 Å². The maximum Gasteiger partial charge on any atom is 0.494 e. The maximum absolute atomic E-state index is 14.0. The standard InChI is InChI=1S/C25H33BF3N3O4/c1-22(2,3)34-21(33)32-14-8-9-17(32)20-30-18(19(31-20)25(27,28)29)15-10-12-16(13-11-15)26-35-23(4,5)24(6,7)36-26/h10-13,17H,8-9,14H2,1-7H3,(H,30,31)/t17-/m0/s1. The summed E-state index contributed by atoms with van der Waals surface area (Å²) in [6, 6.07) is 5.91. The number of alkyl halides is 3. The molecular formula is C25H33BF3N3O4. The molecule has 0 saturated carbocycles. The highest BCUT2D eigenvalue weighted by Crippen LogP contribution is 2.40. The van der Waals surface area contributed by atoms with E-state index in [9.17, 15) is 18.0 Å². The third-order valence-corrected chi connectivity index (χ3v) is 6.91. The molecule has 0 radical (unpaired) electrons. The monoisotopic (exact) mass is 507 g/mol. The van der Waals surface area contributed by atoms with Crippen LogP contribution in [0, 0.1) is 0 Å². The summed E-state index contributed by atoms with van der Waals surface area (Å²) in [5.41, 5.74) is -1.93. The molecule has 1 aromatic carbocycles. The number of nitrogens with zero attached hydrogens (tertiary/aromatic N) is 2. The minimum Gasteiger partial charge on any atom is -0.444 e. The van der Waals surface area contributed by atoms with Crippen molar-refractivity contribution in [2.45, 2.75) is 90.3 Å². The fraction of sp³-hybridized carbons (Fsp3) is 0.600. The van der Waals surface area contributed by atoms with Crippen LogP contribution in [0.4, 0.5) is 18.0 Å². The molecule has 2 aromatic rings. The lowest BCUT2D eigenvalue weighted by Crippen LogP contribution is -2.41. The lowest BCUT2D eigenvalue weighted by atomic mass is 9.78. The van der Waals surface area contributed by atoms with Gasteiger partial charge in [0.05, 0.1) is 17.2 Å². The van der Waals surface area contributed by atoms with Gasteiger partial charge in [0.15, 0.2) is 0 Å². The van der Waals surface area contributed by atoms with Crippen molar-refractivity contribution in [3.63, 3.8) is 0 Å². The summed E-state index contributed by atoms with van der Waals surface area (Å²) in [7, 11) is -0.623. The topological polar surface area (TPSA) is 76.7 Å². The van der Waals surface area contributed by atoms with Crippen LogP contribution in [-0.4, -0.2) is 51.4 Å². The van der Waals surface area contributed by atoms with Crippen molar-refractivity contribution in [3.05, 3.63) is 35.8 Å². The van der Waals surface area contributed by atoms with E-state index in [1.54, 1.807) is 45.0 Å². The summed E-state index contributed by atoms with van der Waals surface area (Å²) < 4.78 is 59.5. The molecule has 0 unspecified atom stereocenters. The van der Waals surface area contributed by atoms with Crippen LogP contribution < -0.4 is 5.46 Å². The van der Waals surface area contributed by atoms with Gasteiger partial charge in [-0.1, -0.05) is 24.3 Å². The molecule has 0 aliphatic carbocycles. The lowest BCUT2D eigenvalue weighted by Gasteiger charge is -2.32. The van der Waals surface area contributed by atoms with Gasteiger partial charge in [0.25, 0.3) is 0 Å². The van der Waals surface area contributed by atoms with E-state index >= 15 is 0 Å². The molecular weight excluding hydrogens is 474 g/mol. The van der Waals surface area contributed by atoms with E-state index in [1.807, 2.05) is 27.7 Å². The largest absolute Gasteiger partial charge is 0.494 e. The Labute approximate surface area is 209 Å². The van der Waals surface area contributed by atoms with Crippen molar-refractivity contribution < 1.29 is 32.0 Å². The van der Waals surface area contributed by atoms with E-state index in [0.29, 0.717) is 30.4 Å². The van der Waals surface area contributed by atoms with Gasteiger partial charge in [0.1, 0.15) is 22.8 Å². The highest BCUT2D eigenvalue weighted by Gasteiger charge is 2.51. The molecule has 2 aliphatic heterocycles. The van der Waals surface area contributed by atoms with E-state index in [4.69, 9.17) is 14.0 Å². The number of aromatic nitrogens is 2. The molecule has 1 atom stereocenters. The number of likely N-dealkylation sites (tertiary alicyclic amines) is 1. The van der Waals surface area contributed by atoms with Gasteiger partial charge in [0.2, 0.25) is 0 Å². The number of H-pyrrole nitrogens is 1. The number of hydrogen-bond donors (Lipinski definition) is 1. The lowest BCUT2D eigenvalue weighted by molar-refractivity contribution is -0.140. The fourth-order valence-corrected chi connectivity index (χ4v) is 4.33. The van der Waals surface area contributed by atoms with Crippen LogP contribution in [0.3, 0.4) is 0 Å². The summed E-state index contributed by atoms with van der Waals surface area (Å²) in [5, 5.41) is 0. The predicted molar refractivity (Wildman–Crippen MR) is 130 cm³/mol. The fourth-order valence-electron chi connectivity index (χ4n) is 4.33. The zero-order chi connectivity index (χ0) is 26.7. The molecule has 1 amide bonds. The van der Waals surface area contributed by atoms with Crippen LogP contribution in [-0.2, 0) is 20.2 Å². The van der Waals surface area contributed by atoms with Gasteiger partial charge < -0.3 is 19.0 Å². The van der Waals surface area contributed by atoms with E-state index in [1.165, 1.54) is 4.90 Å². The van der Waals surface area contributed by atoms with Crippen LogP contribution in [0.1, 0.15) is 78.9 Å². The molecule has 0 spiro atoms. The van der Waals surface area contributed by atoms with Gasteiger partial charge in [-0.15, -0.1) is 0 Å². The molecule has 36 heavy (non-hydrogen) atoms. The third kappa shape index (κ3) is 5.13. The Morgan fingerprint density at radius 3 is 2.22 bits per heavy atom. The van der Waals surface area contributed by atoms with Crippen molar-refractivity contribution in [2.24, 2.45) is 0 Å². The summed E-state index contributed by atoms with van der Waals surface area (Å²) in [6.45, 7) is 13.4. The van der Waals surface area contributed by atoms with Gasteiger partial charge in [-0.3, -0.25) is 4.90 Å². The molecule has 196 valence electrons. The molecule has 11 heteroatoms. The second-order valence-corrected chi connectivity index (χ2v) is 11.4. The average Bonchev–Trinajstić information content (AvgIpc) is 3.42. The Hall–Kier alpha value is -2.53. The maximum atomic E-state index is 14.0. The minimum absolute atomic E-state index is 0.0933. The van der Waals surface area contributed by atoms with Crippen LogP contribution in [0.2, 0.25) is 0 Å². The van der Waals surface area contributed by atoms with Gasteiger partial charge in [-0.2, -0.15) is 13.2 Å². The van der Waals surface area contributed by atoms with E-state index in [0.717, 1.165) is 0 Å². The van der Waals surface area contributed by atoms with Gasteiger partial charge >= 0.3 is 19.4 Å². The molecule has 0 bridgehead atoms. The average molecular weight is 507 g/mol. The molecule has 2 saturated heterocycles. The van der Waals surface area contributed by atoms with Gasteiger partial charge in [-0.05, 0) is 66.8 Å². The predicted octanol–water partition coefficient (Wildman–Crippen LogP) is 5.47. The van der Waals surface area contributed by atoms with Crippen molar-refractivity contribution in [1.29, 1.82) is 0 Å². The number of amides is 1. The number of carbonyl (C=O) groups is 1. The smallest absolute Gasteiger partial charge is 0.444 e. The second-order valence-electron chi connectivity index (χ2n) is 11.4. The number of aromatic amines is 1. The number of ether oxygens (including phenoxy) is 1. The highest BCUT2D eigenvalue weighted by atomic mass is 19.4.